The summed E-state index contributed by atoms with van der Waals surface area (Å²) < 4.78 is 103. The number of phosphoric acid groups is 1. The maximum Gasteiger partial charge on any atom is 0.472 e. The number of nitrogen functional groups attached to an aromatic ring is 1. The van der Waals surface area contributed by atoms with Crippen molar-refractivity contribution in [3.63, 3.8) is 0 Å². The predicted octanol–water partition coefficient (Wildman–Crippen LogP) is 6.04. The number of esters is 1. The summed E-state index contributed by atoms with van der Waals surface area (Å²) in [5, 5.41) is 0. The molecule has 19 nitrogen and oxygen atoms in total. The fraction of sp³-hybridized carbons (Fsp3) is 0.317. The number of benzene rings is 3. The molecule has 6 heterocycles. The fourth-order valence-electron chi connectivity index (χ4n) is 7.49. The lowest BCUT2D eigenvalue weighted by Gasteiger charge is -2.32. The smallest absolute Gasteiger partial charge is 0.423 e. The van der Waals surface area contributed by atoms with Crippen LogP contribution in [-0.2, 0) is 52.0 Å². The highest BCUT2D eigenvalue weighted by Crippen LogP contribution is 2.65. The lowest BCUT2D eigenvalue weighted by atomic mass is 9.97. The van der Waals surface area contributed by atoms with Crippen molar-refractivity contribution in [2.75, 3.05) is 18.9 Å². The Hall–Kier alpha value is -5.25. The molecule has 3 aromatic carbocycles. The molecular formula is C41H38F2N6O13P2S. The number of carbonyl (C=O) groups is 3. The molecule has 3 fully saturated rings. The van der Waals surface area contributed by atoms with Gasteiger partial charge < -0.3 is 24.8 Å². The van der Waals surface area contributed by atoms with Crippen molar-refractivity contribution >= 4 is 66.2 Å². The third-order valence-corrected chi connectivity index (χ3v) is 15.5. The Bertz CT molecular complexity index is 2760. The van der Waals surface area contributed by atoms with E-state index in [0.29, 0.717) is 28.1 Å². The molecule has 24 heteroatoms. The number of alkyl halides is 2. The number of fused-ring (bicyclic) bond motifs is 5. The Morgan fingerprint density at radius 3 is 2.29 bits per heavy atom. The predicted molar refractivity (Wildman–Crippen MR) is 226 cm³/mol. The van der Waals surface area contributed by atoms with Gasteiger partial charge in [0.2, 0.25) is 5.91 Å². The summed E-state index contributed by atoms with van der Waals surface area (Å²) in [6, 6.07) is 21.3. The van der Waals surface area contributed by atoms with Crippen LogP contribution in [0.1, 0.15) is 39.7 Å². The number of ether oxygens (including phenoxy) is 3. The zero-order valence-electron chi connectivity index (χ0n) is 33.9. The molecule has 2 unspecified atom stereocenters. The molecule has 4 aliphatic heterocycles. The Balaban J connectivity index is 1.02. The molecular weight excluding hydrogens is 916 g/mol. The van der Waals surface area contributed by atoms with Crippen LogP contribution in [-0.4, -0.2) is 103 Å². The molecule has 3 N–H and O–H groups in total. The van der Waals surface area contributed by atoms with E-state index in [-0.39, 0.29) is 34.1 Å². The van der Waals surface area contributed by atoms with Crippen molar-refractivity contribution in [1.82, 2.24) is 24.4 Å². The van der Waals surface area contributed by atoms with Crippen LogP contribution in [0.4, 0.5) is 14.6 Å². The van der Waals surface area contributed by atoms with Gasteiger partial charge in [0.1, 0.15) is 42.0 Å². The van der Waals surface area contributed by atoms with Crippen LogP contribution in [0.25, 0.3) is 16.7 Å². The minimum atomic E-state index is -5.34. The first-order valence-electron chi connectivity index (χ1n) is 19.9. The van der Waals surface area contributed by atoms with Gasteiger partial charge in [0.05, 0.1) is 31.5 Å². The number of hydrogen-bond acceptors (Lipinski definition) is 17. The number of halogens is 2. The van der Waals surface area contributed by atoms with Gasteiger partial charge >= 0.3 is 20.6 Å². The first-order chi connectivity index (χ1) is 31.1. The van der Waals surface area contributed by atoms with E-state index < -0.39 is 101 Å². The van der Waals surface area contributed by atoms with Gasteiger partial charge in [-0.05, 0) is 53.7 Å². The number of phosphoric ester groups is 1. The molecule has 0 radical (unpaired) electrons. The number of ketones is 1. The number of nitrogens with zero attached hydrogens (tertiary/aromatic N) is 5. The maximum atomic E-state index is 16.7. The average Bonchev–Trinajstić information content (AvgIpc) is 3.95. The van der Waals surface area contributed by atoms with Crippen molar-refractivity contribution in [2.45, 2.75) is 68.3 Å². The second kappa shape index (κ2) is 18.2. The molecule has 1 amide bonds. The average molecular weight is 955 g/mol. The normalized spacial score (nSPS) is 30.8. The molecule has 340 valence electrons. The second-order valence-corrected chi connectivity index (χ2v) is 20.7. The number of allylic oxidation sites excluding steroid dienone is 1. The number of aryl methyl sites for hydroxylation is 1. The molecule has 0 aliphatic carbocycles. The zero-order chi connectivity index (χ0) is 45.6. The number of imidazole rings is 1. The minimum Gasteiger partial charge on any atom is -0.423 e. The van der Waals surface area contributed by atoms with Crippen LogP contribution >= 0.6 is 26.0 Å². The van der Waals surface area contributed by atoms with Gasteiger partial charge in [0.15, 0.2) is 42.0 Å². The summed E-state index contributed by atoms with van der Waals surface area (Å²) in [5.41, 5.74) is 8.51. The van der Waals surface area contributed by atoms with E-state index in [1.807, 2.05) is 6.92 Å². The summed E-state index contributed by atoms with van der Waals surface area (Å²) in [4.78, 5) is 63.3. The molecule has 4 bridgehead atoms. The molecule has 10 atom stereocenters. The molecule has 2 aromatic heterocycles. The summed E-state index contributed by atoms with van der Waals surface area (Å²) in [5.74, 6) is -1.88. The first-order valence-corrected chi connectivity index (χ1v) is 24.5. The summed E-state index contributed by atoms with van der Waals surface area (Å²) in [6.45, 7) is -4.67. The number of rotatable bonds is 8. The third kappa shape index (κ3) is 9.42. The second-order valence-electron chi connectivity index (χ2n) is 15.2. The quantitative estimate of drug-likeness (QED) is 0.0780. The first kappa shape index (κ1) is 44.9. The topological polar surface area (TPSA) is 243 Å². The zero-order valence-corrected chi connectivity index (χ0v) is 36.5. The van der Waals surface area contributed by atoms with Gasteiger partial charge in [-0.3, -0.25) is 37.2 Å². The van der Waals surface area contributed by atoms with Gasteiger partial charge in [0, 0.05) is 17.5 Å². The van der Waals surface area contributed by atoms with Gasteiger partial charge in [-0.25, -0.2) is 37.7 Å². The lowest BCUT2D eigenvalue weighted by Crippen LogP contribution is -2.47. The van der Waals surface area contributed by atoms with Crippen LogP contribution in [0.2, 0.25) is 0 Å². The molecule has 5 aromatic rings. The standard InChI is InChI=1S/C41H38F2N6O13P2S/c1-22-7-11-25(12-8-22)41(52)58-26-13-9-23(10-14-26)19-65-64(55)57-18-30-32(42)35(39(59-30)48-16-27(28(50)15-31(48)51)24-5-3-2-4-6-24)61-63(53,54)56-17-29-33(43)36(62-64)40(60-29)49-21-47-34-37(44)45-20-46-38(34)49/h2-14,16,20-21,29-30,32-33,35-36,39-40H,15,17-19H2,1H3,(H,53,54)(H2,44,45,46)/t29-,30-,32-,33-,35-,36-,39-,40-,64?/m1/s1. The molecule has 0 saturated carbocycles. The summed E-state index contributed by atoms with van der Waals surface area (Å²) in [6.07, 6.45) is -12.4. The van der Waals surface area contributed by atoms with Crippen molar-refractivity contribution in [3.8, 4) is 5.75 Å². The van der Waals surface area contributed by atoms with Crippen LogP contribution in [0.15, 0.2) is 97.7 Å². The van der Waals surface area contributed by atoms with Crippen molar-refractivity contribution < 1.29 is 69.5 Å². The lowest BCUT2D eigenvalue weighted by molar-refractivity contribution is -0.148. The molecule has 3 saturated heterocycles. The van der Waals surface area contributed by atoms with Gasteiger partial charge in [0.25, 0.3) is 0 Å². The van der Waals surface area contributed by atoms with E-state index >= 15 is 13.3 Å². The van der Waals surface area contributed by atoms with Crippen LogP contribution in [0, 0.1) is 6.92 Å². The highest BCUT2D eigenvalue weighted by molar-refractivity contribution is 8.54. The number of nitrogens with two attached hydrogens (primary N) is 1. The van der Waals surface area contributed by atoms with Crippen molar-refractivity contribution in [1.29, 1.82) is 0 Å². The third-order valence-electron chi connectivity index (χ3n) is 10.8. The number of anilines is 1. The maximum absolute atomic E-state index is 16.7. The van der Waals surface area contributed by atoms with E-state index in [2.05, 4.69) is 15.0 Å². The van der Waals surface area contributed by atoms with Crippen molar-refractivity contribution in [2.24, 2.45) is 0 Å². The Kier molecular flexibility index (Phi) is 12.6. The van der Waals surface area contributed by atoms with Crippen LogP contribution in [0.3, 0.4) is 0 Å². The van der Waals surface area contributed by atoms with Crippen LogP contribution in [0.5, 0.6) is 5.75 Å². The molecule has 65 heavy (non-hydrogen) atoms. The van der Waals surface area contributed by atoms with Gasteiger partial charge in [-0.15, -0.1) is 0 Å². The van der Waals surface area contributed by atoms with Crippen LogP contribution < -0.4 is 10.5 Å². The van der Waals surface area contributed by atoms with E-state index in [9.17, 15) is 23.8 Å². The Morgan fingerprint density at radius 2 is 1.57 bits per heavy atom. The number of amides is 1. The van der Waals surface area contributed by atoms with Gasteiger partial charge in [-0.1, -0.05) is 60.2 Å². The van der Waals surface area contributed by atoms with E-state index in [1.54, 1.807) is 66.7 Å². The SMILES string of the molecule is Cc1ccc(C(=O)Oc2ccc(CSP3(=O)OC[C@H]4O[C@@H](N5C=C(c6ccccc6)C(=O)CC5=O)[C@H](OP(=O)(O)OC[C@H]5O[C@@H](n6cnc7c(N)ncnc76)[C@H](O3)[C@@H]5F)[C@@H]4F)cc2)cc1. The number of carbonyl (C=O) groups excluding carboxylic acids is 3. The van der Waals surface area contributed by atoms with E-state index in [1.165, 1.54) is 23.0 Å². The fourth-order valence-corrected chi connectivity index (χ4v) is 11.8. The van der Waals surface area contributed by atoms with E-state index in [4.69, 9.17) is 38.0 Å². The largest absolute Gasteiger partial charge is 0.472 e. The summed E-state index contributed by atoms with van der Waals surface area (Å²) >= 11 is 0.604. The molecule has 0 spiro atoms. The monoisotopic (exact) mass is 954 g/mol. The Morgan fingerprint density at radius 1 is 0.892 bits per heavy atom. The molecule has 4 aliphatic rings. The number of Topliss-reactive ketones (excluding diaryl/α,β-unsaturated/α-hetero) is 1. The van der Waals surface area contributed by atoms with Gasteiger partial charge in [-0.2, -0.15) is 0 Å². The highest BCUT2D eigenvalue weighted by Gasteiger charge is 2.56. The molecule has 9 rings (SSSR count). The number of hydrogen-bond donors (Lipinski definition) is 2. The number of aromatic nitrogens is 4. The van der Waals surface area contributed by atoms with Crippen molar-refractivity contribution in [3.05, 3.63) is 120 Å². The minimum absolute atomic E-state index is 0.0167. The summed E-state index contributed by atoms with van der Waals surface area (Å²) in [7, 11) is -5.34. The Labute approximate surface area is 372 Å². The highest BCUT2D eigenvalue weighted by atomic mass is 32.7. The van der Waals surface area contributed by atoms with E-state index in [0.717, 1.165) is 23.0 Å².